The van der Waals surface area contributed by atoms with Crippen LogP contribution < -0.4 is 5.56 Å². The minimum absolute atomic E-state index is 0.0326. The summed E-state index contributed by atoms with van der Waals surface area (Å²) < 4.78 is 27.6. The van der Waals surface area contributed by atoms with Gasteiger partial charge in [-0.15, -0.1) is 0 Å². The van der Waals surface area contributed by atoms with Gasteiger partial charge >= 0.3 is 0 Å². The summed E-state index contributed by atoms with van der Waals surface area (Å²) in [7, 11) is 0. The zero-order valence-electron chi connectivity index (χ0n) is 16.2. The van der Waals surface area contributed by atoms with Gasteiger partial charge in [-0.25, -0.2) is 13.8 Å². The number of rotatable bonds is 5. The lowest BCUT2D eigenvalue weighted by Gasteiger charge is -2.32. The topological polar surface area (TPSA) is 66.1 Å². The Morgan fingerprint density at radius 2 is 2.04 bits per heavy atom. The van der Waals surface area contributed by atoms with Gasteiger partial charge < -0.3 is 9.88 Å². The third kappa shape index (κ3) is 4.46. The maximum atomic E-state index is 13.8. The number of carbonyl (C=O) groups is 1. The number of piperidine rings is 1. The lowest BCUT2D eigenvalue weighted by atomic mass is 9.91. The number of nitrogens with one attached hydrogen (secondary N) is 1. The molecule has 0 radical (unpaired) electrons. The second kappa shape index (κ2) is 8.63. The molecule has 2 heterocycles. The molecular weight excluding hydrogens is 364 g/mol. The molecule has 1 saturated heterocycles. The number of amides is 1. The van der Waals surface area contributed by atoms with E-state index in [0.717, 1.165) is 12.8 Å². The molecule has 1 aliphatic rings. The molecule has 1 aliphatic heterocycles. The van der Waals surface area contributed by atoms with Crippen LogP contribution in [0.1, 0.15) is 60.8 Å². The molecule has 1 atom stereocenters. The van der Waals surface area contributed by atoms with Crippen molar-refractivity contribution in [3.63, 3.8) is 0 Å². The summed E-state index contributed by atoms with van der Waals surface area (Å²) >= 11 is 0. The molecule has 1 aromatic heterocycles. The van der Waals surface area contributed by atoms with Crippen LogP contribution in [0.2, 0.25) is 0 Å². The molecule has 0 saturated carbocycles. The summed E-state index contributed by atoms with van der Waals surface area (Å²) in [6, 6.07) is 3.87. The van der Waals surface area contributed by atoms with Gasteiger partial charge in [0.2, 0.25) is 0 Å². The number of benzene rings is 1. The molecule has 2 aromatic rings. The van der Waals surface area contributed by atoms with Crippen LogP contribution in [-0.2, 0) is 6.42 Å². The van der Waals surface area contributed by atoms with Gasteiger partial charge in [0.05, 0.1) is 0 Å². The zero-order valence-corrected chi connectivity index (χ0v) is 16.2. The third-order valence-electron chi connectivity index (χ3n) is 5.27. The molecule has 0 bridgehead atoms. The first-order chi connectivity index (χ1) is 13.4. The van der Waals surface area contributed by atoms with E-state index < -0.39 is 17.2 Å². The highest BCUT2D eigenvalue weighted by atomic mass is 19.1. The van der Waals surface area contributed by atoms with Gasteiger partial charge in [0.25, 0.3) is 11.5 Å². The molecule has 0 spiro atoms. The number of H-pyrrole nitrogens is 1. The SMILES string of the molecule is CC(C)c1ncc(C(=O)N2CCC[C@H](CCc3c(F)cccc3F)C2)c(=O)[nH]1. The molecule has 1 N–H and O–H groups in total. The Morgan fingerprint density at radius 3 is 2.68 bits per heavy atom. The second-order valence-electron chi connectivity index (χ2n) is 7.66. The highest BCUT2D eigenvalue weighted by Gasteiger charge is 2.26. The van der Waals surface area contributed by atoms with Gasteiger partial charge in [0.15, 0.2) is 0 Å². The highest BCUT2D eigenvalue weighted by molar-refractivity contribution is 5.93. The fraction of sp³-hybridized carbons (Fsp3) is 0.476. The largest absolute Gasteiger partial charge is 0.338 e. The molecule has 3 rings (SSSR count). The normalized spacial score (nSPS) is 17.2. The maximum Gasteiger partial charge on any atom is 0.263 e. The average Bonchev–Trinajstić information content (AvgIpc) is 2.67. The smallest absolute Gasteiger partial charge is 0.263 e. The summed E-state index contributed by atoms with van der Waals surface area (Å²) in [5, 5.41) is 0. The van der Waals surface area contributed by atoms with Crippen molar-refractivity contribution in [2.75, 3.05) is 13.1 Å². The van der Waals surface area contributed by atoms with Gasteiger partial charge in [-0.2, -0.15) is 0 Å². The molecular formula is C21H25F2N3O2. The van der Waals surface area contributed by atoms with E-state index in [1.54, 1.807) is 4.90 Å². The van der Waals surface area contributed by atoms with E-state index in [1.165, 1.54) is 24.4 Å². The summed E-state index contributed by atoms with van der Waals surface area (Å²) in [5.41, 5.74) is -0.305. The molecule has 5 nitrogen and oxygen atoms in total. The predicted octanol–water partition coefficient (Wildman–Crippen LogP) is 3.66. The number of aromatic nitrogens is 2. The van der Waals surface area contributed by atoms with Crippen molar-refractivity contribution in [3.05, 3.63) is 63.3 Å². The van der Waals surface area contributed by atoms with E-state index in [-0.39, 0.29) is 35.3 Å². The Bertz CT molecular complexity index is 891. The average molecular weight is 389 g/mol. The van der Waals surface area contributed by atoms with Crippen LogP contribution in [0.15, 0.2) is 29.2 Å². The number of carbonyl (C=O) groups excluding carboxylic acids is 1. The predicted molar refractivity (Wildman–Crippen MR) is 102 cm³/mol. The summed E-state index contributed by atoms with van der Waals surface area (Å²) in [5.74, 6) is -0.664. The molecule has 7 heteroatoms. The van der Waals surface area contributed by atoms with Crippen molar-refractivity contribution in [3.8, 4) is 0 Å². The molecule has 150 valence electrons. The fourth-order valence-corrected chi connectivity index (χ4v) is 3.63. The van der Waals surface area contributed by atoms with Crippen LogP contribution in [0.3, 0.4) is 0 Å². The lowest BCUT2D eigenvalue weighted by molar-refractivity contribution is 0.0665. The van der Waals surface area contributed by atoms with Crippen molar-refractivity contribution >= 4 is 5.91 Å². The minimum atomic E-state index is -0.536. The molecule has 0 aliphatic carbocycles. The molecule has 1 fully saturated rings. The van der Waals surface area contributed by atoms with E-state index in [2.05, 4.69) is 9.97 Å². The monoisotopic (exact) mass is 389 g/mol. The first-order valence-electron chi connectivity index (χ1n) is 9.68. The standard InChI is InChI=1S/C21H25F2N3O2/c1-13(2)19-24-11-16(20(27)25-19)21(28)26-10-4-5-14(12-26)8-9-15-17(22)6-3-7-18(15)23/h3,6-7,11,13-14H,4-5,8-10,12H2,1-2H3,(H,24,25,27)/t14-/m1/s1. The number of likely N-dealkylation sites (tertiary alicyclic amines) is 1. The van der Waals surface area contributed by atoms with Gasteiger partial charge in [-0.1, -0.05) is 19.9 Å². The molecule has 0 unspecified atom stereocenters. The highest BCUT2D eigenvalue weighted by Crippen LogP contribution is 2.24. The van der Waals surface area contributed by atoms with Gasteiger partial charge in [-0.05, 0) is 43.7 Å². The van der Waals surface area contributed by atoms with Gasteiger partial charge in [0, 0.05) is 30.8 Å². The molecule has 1 amide bonds. The van der Waals surface area contributed by atoms with Crippen molar-refractivity contribution in [1.82, 2.24) is 14.9 Å². The Labute approximate surface area is 162 Å². The zero-order chi connectivity index (χ0) is 20.3. The number of hydrogen-bond acceptors (Lipinski definition) is 3. The van der Waals surface area contributed by atoms with Crippen LogP contribution in [0.5, 0.6) is 0 Å². The van der Waals surface area contributed by atoms with Crippen molar-refractivity contribution < 1.29 is 13.6 Å². The third-order valence-corrected chi connectivity index (χ3v) is 5.27. The number of halogens is 2. The van der Waals surface area contributed by atoms with E-state index in [4.69, 9.17) is 0 Å². The molecule has 1 aromatic carbocycles. The van der Waals surface area contributed by atoms with Crippen LogP contribution in [0, 0.1) is 17.6 Å². The van der Waals surface area contributed by atoms with Crippen LogP contribution in [0.4, 0.5) is 8.78 Å². The first-order valence-corrected chi connectivity index (χ1v) is 9.68. The summed E-state index contributed by atoms with van der Waals surface area (Å²) in [4.78, 5) is 33.5. The minimum Gasteiger partial charge on any atom is -0.338 e. The summed E-state index contributed by atoms with van der Waals surface area (Å²) in [6.45, 7) is 4.86. The van der Waals surface area contributed by atoms with Crippen molar-refractivity contribution in [2.45, 2.75) is 45.4 Å². The summed E-state index contributed by atoms with van der Waals surface area (Å²) in [6.07, 6.45) is 3.90. The number of nitrogens with zero attached hydrogens (tertiary/aromatic N) is 2. The van der Waals surface area contributed by atoms with E-state index in [1.807, 2.05) is 13.8 Å². The van der Waals surface area contributed by atoms with Gasteiger partial charge in [-0.3, -0.25) is 9.59 Å². The molecule has 28 heavy (non-hydrogen) atoms. The Hall–Kier alpha value is -2.57. The number of hydrogen-bond donors (Lipinski definition) is 1. The van der Waals surface area contributed by atoms with Crippen molar-refractivity contribution in [1.29, 1.82) is 0 Å². The Balaban J connectivity index is 1.66. The van der Waals surface area contributed by atoms with Gasteiger partial charge in [0.1, 0.15) is 23.0 Å². The fourth-order valence-electron chi connectivity index (χ4n) is 3.63. The first kappa shape index (κ1) is 20.2. The number of aromatic amines is 1. The quantitative estimate of drug-likeness (QED) is 0.849. The van der Waals surface area contributed by atoms with Crippen LogP contribution in [-0.4, -0.2) is 33.9 Å². The lowest BCUT2D eigenvalue weighted by Crippen LogP contribution is -2.42. The van der Waals surface area contributed by atoms with Crippen LogP contribution >= 0.6 is 0 Å². The van der Waals surface area contributed by atoms with E-state index in [0.29, 0.717) is 25.3 Å². The van der Waals surface area contributed by atoms with Crippen molar-refractivity contribution in [2.24, 2.45) is 5.92 Å². The van der Waals surface area contributed by atoms with E-state index in [9.17, 15) is 18.4 Å². The van der Waals surface area contributed by atoms with Crippen LogP contribution in [0.25, 0.3) is 0 Å². The second-order valence-corrected chi connectivity index (χ2v) is 7.66. The maximum absolute atomic E-state index is 13.8. The Kier molecular flexibility index (Phi) is 6.21. The Morgan fingerprint density at radius 1 is 1.32 bits per heavy atom. The van der Waals surface area contributed by atoms with E-state index >= 15 is 0 Å².